The Morgan fingerprint density at radius 2 is 2.21 bits per heavy atom. The third-order valence-corrected chi connectivity index (χ3v) is 2.46. The molecule has 1 aliphatic rings. The van der Waals surface area contributed by atoms with Crippen LogP contribution in [0, 0.1) is 0 Å². The molecule has 0 saturated heterocycles. The van der Waals surface area contributed by atoms with Gasteiger partial charge in [0.2, 0.25) is 5.89 Å². The predicted molar refractivity (Wildman–Crippen MR) is 53.9 cm³/mol. The van der Waals surface area contributed by atoms with E-state index in [1.807, 2.05) is 24.3 Å². The van der Waals surface area contributed by atoms with Crippen LogP contribution in [0.2, 0.25) is 0 Å². The molecule has 72 valence electrons. The molecular weight excluding hydrogens is 176 g/mol. The third kappa shape index (κ3) is 1.51. The molecule has 1 N–H and O–H groups in total. The van der Waals surface area contributed by atoms with E-state index in [1.54, 1.807) is 0 Å². The summed E-state index contributed by atoms with van der Waals surface area (Å²) < 4.78 is 5.57. The molecule has 0 amide bonds. The molecule has 0 atom stereocenters. The molecule has 3 heteroatoms. The van der Waals surface area contributed by atoms with Crippen molar-refractivity contribution in [3.63, 3.8) is 0 Å². The second kappa shape index (κ2) is 3.10. The maximum absolute atomic E-state index is 5.57. The highest BCUT2D eigenvalue weighted by Gasteiger charge is 2.20. The molecular formula is C11H12N2O. The predicted octanol–water partition coefficient (Wildman–Crippen LogP) is 2.08. The Bertz CT molecular complexity index is 412. The Kier molecular flexibility index (Phi) is 1.77. The van der Waals surface area contributed by atoms with Crippen LogP contribution in [0.15, 0.2) is 28.7 Å². The monoisotopic (exact) mass is 188 g/mol. The largest absolute Gasteiger partial charge is 0.439 e. The number of hydrogen-bond acceptors (Lipinski definition) is 3. The Hall–Kier alpha value is -1.35. The molecule has 14 heavy (non-hydrogen) atoms. The molecule has 1 heterocycles. The normalized spacial score (nSPS) is 16.3. The summed E-state index contributed by atoms with van der Waals surface area (Å²) in [5, 5.41) is 3.38. The average molecular weight is 188 g/mol. The lowest BCUT2D eigenvalue weighted by Crippen LogP contribution is -2.15. The fourth-order valence-corrected chi connectivity index (χ4v) is 1.51. The van der Waals surface area contributed by atoms with Crippen LogP contribution in [-0.2, 0) is 6.54 Å². The number of rotatable bonds is 3. The van der Waals surface area contributed by atoms with Gasteiger partial charge in [-0.25, -0.2) is 4.98 Å². The maximum atomic E-state index is 5.57. The molecule has 1 aromatic carbocycles. The number of aromatic nitrogens is 1. The molecule has 2 aromatic rings. The van der Waals surface area contributed by atoms with E-state index in [1.165, 1.54) is 12.8 Å². The minimum Gasteiger partial charge on any atom is -0.439 e. The van der Waals surface area contributed by atoms with Crippen molar-refractivity contribution < 1.29 is 4.42 Å². The quantitative estimate of drug-likeness (QED) is 0.801. The van der Waals surface area contributed by atoms with Gasteiger partial charge in [-0.3, -0.25) is 0 Å². The number of nitrogens with zero attached hydrogens (tertiary/aromatic N) is 1. The summed E-state index contributed by atoms with van der Waals surface area (Å²) in [7, 11) is 0. The first-order valence-electron chi connectivity index (χ1n) is 5.00. The zero-order valence-electron chi connectivity index (χ0n) is 7.86. The van der Waals surface area contributed by atoms with Crippen molar-refractivity contribution in [3.8, 4) is 0 Å². The smallest absolute Gasteiger partial charge is 0.209 e. The van der Waals surface area contributed by atoms with Crippen LogP contribution in [0.5, 0.6) is 0 Å². The fraction of sp³-hybridized carbons (Fsp3) is 0.364. The van der Waals surface area contributed by atoms with Crippen molar-refractivity contribution in [3.05, 3.63) is 30.2 Å². The maximum Gasteiger partial charge on any atom is 0.209 e. The third-order valence-electron chi connectivity index (χ3n) is 2.46. The lowest BCUT2D eigenvalue weighted by Gasteiger charge is -1.95. The van der Waals surface area contributed by atoms with E-state index in [4.69, 9.17) is 4.42 Å². The summed E-state index contributed by atoms with van der Waals surface area (Å²) in [4.78, 5) is 4.38. The first-order valence-corrected chi connectivity index (χ1v) is 5.00. The first kappa shape index (κ1) is 8.00. The van der Waals surface area contributed by atoms with Gasteiger partial charge in [-0.2, -0.15) is 0 Å². The van der Waals surface area contributed by atoms with Crippen LogP contribution >= 0.6 is 0 Å². The minimum atomic E-state index is 0.699. The van der Waals surface area contributed by atoms with Crippen molar-refractivity contribution >= 4 is 11.1 Å². The molecule has 0 spiro atoms. The van der Waals surface area contributed by atoms with Crippen LogP contribution in [0.3, 0.4) is 0 Å². The molecule has 0 unspecified atom stereocenters. The van der Waals surface area contributed by atoms with E-state index < -0.39 is 0 Å². The van der Waals surface area contributed by atoms with Crippen molar-refractivity contribution in [2.75, 3.05) is 0 Å². The van der Waals surface area contributed by atoms with E-state index >= 15 is 0 Å². The fourth-order valence-electron chi connectivity index (χ4n) is 1.51. The van der Waals surface area contributed by atoms with Gasteiger partial charge in [0, 0.05) is 6.04 Å². The number of fused-ring (bicyclic) bond motifs is 1. The van der Waals surface area contributed by atoms with E-state index in [0.717, 1.165) is 23.5 Å². The summed E-state index contributed by atoms with van der Waals surface area (Å²) in [6.07, 6.45) is 2.58. The molecule has 3 rings (SSSR count). The first-order chi connectivity index (χ1) is 6.92. The summed E-state index contributed by atoms with van der Waals surface area (Å²) in [6.45, 7) is 0.749. The van der Waals surface area contributed by atoms with E-state index in [2.05, 4.69) is 10.3 Å². The summed E-state index contributed by atoms with van der Waals surface area (Å²) in [5.41, 5.74) is 1.82. The van der Waals surface area contributed by atoms with Crippen molar-refractivity contribution in [2.24, 2.45) is 0 Å². The van der Waals surface area contributed by atoms with E-state index in [-0.39, 0.29) is 0 Å². The Labute approximate surface area is 82.1 Å². The molecule has 1 aliphatic carbocycles. The number of hydrogen-bond donors (Lipinski definition) is 1. The second-order valence-corrected chi connectivity index (χ2v) is 3.73. The molecule has 1 fully saturated rings. The van der Waals surface area contributed by atoms with Crippen LogP contribution in [0.25, 0.3) is 11.1 Å². The Morgan fingerprint density at radius 3 is 3.00 bits per heavy atom. The van der Waals surface area contributed by atoms with Gasteiger partial charge in [0.05, 0.1) is 6.54 Å². The van der Waals surface area contributed by atoms with Gasteiger partial charge in [0.1, 0.15) is 5.52 Å². The zero-order chi connectivity index (χ0) is 9.38. The molecule has 0 aliphatic heterocycles. The van der Waals surface area contributed by atoms with Crippen molar-refractivity contribution in [2.45, 2.75) is 25.4 Å². The van der Waals surface area contributed by atoms with Crippen molar-refractivity contribution in [1.82, 2.24) is 10.3 Å². The topological polar surface area (TPSA) is 38.1 Å². The van der Waals surface area contributed by atoms with Crippen LogP contribution in [-0.4, -0.2) is 11.0 Å². The lowest BCUT2D eigenvalue weighted by atomic mass is 10.3. The zero-order valence-corrected chi connectivity index (χ0v) is 7.86. The van der Waals surface area contributed by atoms with Crippen LogP contribution in [0.4, 0.5) is 0 Å². The highest BCUT2D eigenvalue weighted by Crippen LogP contribution is 2.20. The molecule has 1 aromatic heterocycles. The van der Waals surface area contributed by atoms with Gasteiger partial charge in [-0.05, 0) is 25.0 Å². The molecule has 0 radical (unpaired) electrons. The number of para-hydroxylation sites is 2. The van der Waals surface area contributed by atoms with Gasteiger partial charge in [0.25, 0.3) is 0 Å². The summed E-state index contributed by atoms with van der Waals surface area (Å²) in [6, 6.07) is 8.56. The van der Waals surface area contributed by atoms with Crippen LogP contribution in [0.1, 0.15) is 18.7 Å². The van der Waals surface area contributed by atoms with Gasteiger partial charge < -0.3 is 9.73 Å². The highest BCUT2D eigenvalue weighted by atomic mass is 16.3. The Balaban J connectivity index is 1.82. The summed E-state index contributed by atoms with van der Waals surface area (Å²) >= 11 is 0. The number of oxazole rings is 1. The van der Waals surface area contributed by atoms with Gasteiger partial charge in [-0.1, -0.05) is 12.1 Å². The number of benzene rings is 1. The van der Waals surface area contributed by atoms with E-state index in [9.17, 15) is 0 Å². The second-order valence-electron chi connectivity index (χ2n) is 3.73. The van der Waals surface area contributed by atoms with Gasteiger partial charge >= 0.3 is 0 Å². The molecule has 0 bridgehead atoms. The highest BCUT2D eigenvalue weighted by molar-refractivity contribution is 5.72. The molecule has 1 saturated carbocycles. The average Bonchev–Trinajstić information content (AvgIpc) is 2.94. The van der Waals surface area contributed by atoms with Gasteiger partial charge in [0.15, 0.2) is 5.58 Å². The van der Waals surface area contributed by atoms with E-state index in [0.29, 0.717) is 6.04 Å². The Morgan fingerprint density at radius 1 is 1.36 bits per heavy atom. The molecule has 3 nitrogen and oxygen atoms in total. The summed E-state index contributed by atoms with van der Waals surface area (Å²) in [5.74, 6) is 0.790. The lowest BCUT2D eigenvalue weighted by molar-refractivity contribution is 0.494. The number of nitrogens with one attached hydrogen (secondary N) is 1. The standard InChI is InChI=1S/C11H12N2O/c1-2-4-10-9(3-1)13-11(14-10)7-12-8-5-6-8/h1-4,8,12H,5-7H2. The van der Waals surface area contributed by atoms with Gasteiger partial charge in [-0.15, -0.1) is 0 Å². The minimum absolute atomic E-state index is 0.699. The van der Waals surface area contributed by atoms with Crippen LogP contribution < -0.4 is 5.32 Å². The van der Waals surface area contributed by atoms with Crippen molar-refractivity contribution in [1.29, 1.82) is 0 Å². The SMILES string of the molecule is c1ccc2oc(CNC3CC3)nc2c1.